The van der Waals surface area contributed by atoms with E-state index in [1.165, 1.54) is 0 Å². The molecule has 2 aromatic rings. The minimum Gasteiger partial charge on any atom is -0.493 e. The molecular weight excluding hydrogens is 304 g/mol. The van der Waals surface area contributed by atoms with Crippen LogP contribution in [0, 0.1) is 0 Å². The molecule has 0 fully saturated rings. The third-order valence-corrected chi connectivity index (χ3v) is 3.15. The molecule has 0 unspecified atom stereocenters. The van der Waals surface area contributed by atoms with Gasteiger partial charge in [0.2, 0.25) is 5.75 Å². The van der Waals surface area contributed by atoms with E-state index in [2.05, 4.69) is 10.5 Å². The lowest BCUT2D eigenvalue weighted by molar-refractivity contribution is 0.324. The van der Waals surface area contributed by atoms with Gasteiger partial charge in [0.15, 0.2) is 11.5 Å². The molecule has 22 heavy (non-hydrogen) atoms. The zero-order valence-electron chi connectivity index (χ0n) is 12.6. The van der Waals surface area contributed by atoms with Crippen molar-refractivity contribution in [1.82, 2.24) is 0 Å². The lowest BCUT2D eigenvalue weighted by atomic mass is 10.2. The van der Waals surface area contributed by atoms with E-state index < -0.39 is 0 Å². The van der Waals surface area contributed by atoms with Gasteiger partial charge >= 0.3 is 0 Å². The van der Waals surface area contributed by atoms with Crippen LogP contribution in [0.15, 0.2) is 41.5 Å². The van der Waals surface area contributed by atoms with Crippen LogP contribution in [0.25, 0.3) is 0 Å². The molecule has 0 heterocycles. The molecule has 0 saturated carbocycles. The monoisotopic (exact) mass is 320 g/mol. The van der Waals surface area contributed by atoms with Crippen LogP contribution in [-0.4, -0.2) is 27.5 Å². The van der Waals surface area contributed by atoms with Crippen molar-refractivity contribution in [3.05, 3.63) is 47.0 Å². The average Bonchev–Trinajstić information content (AvgIpc) is 2.53. The number of halogens is 1. The van der Waals surface area contributed by atoms with E-state index in [0.29, 0.717) is 22.3 Å². The molecule has 2 aromatic carbocycles. The highest BCUT2D eigenvalue weighted by molar-refractivity contribution is 6.30. The molecule has 0 saturated heterocycles. The fourth-order valence-electron chi connectivity index (χ4n) is 1.92. The number of hydrazone groups is 1. The molecule has 6 heteroatoms. The number of hydrogen-bond acceptors (Lipinski definition) is 5. The van der Waals surface area contributed by atoms with Gasteiger partial charge in [0, 0.05) is 10.6 Å². The van der Waals surface area contributed by atoms with Crippen molar-refractivity contribution < 1.29 is 14.2 Å². The van der Waals surface area contributed by atoms with Gasteiger partial charge in [-0.2, -0.15) is 5.10 Å². The van der Waals surface area contributed by atoms with Crippen LogP contribution in [0.3, 0.4) is 0 Å². The Labute approximate surface area is 134 Å². The second kappa shape index (κ2) is 7.56. The molecule has 0 aliphatic heterocycles. The van der Waals surface area contributed by atoms with Gasteiger partial charge in [-0.15, -0.1) is 0 Å². The third kappa shape index (κ3) is 3.83. The largest absolute Gasteiger partial charge is 0.493 e. The first-order chi connectivity index (χ1) is 10.7. The van der Waals surface area contributed by atoms with Crippen LogP contribution in [-0.2, 0) is 0 Å². The van der Waals surface area contributed by atoms with Gasteiger partial charge in [0.25, 0.3) is 0 Å². The van der Waals surface area contributed by atoms with E-state index in [4.69, 9.17) is 25.8 Å². The first kappa shape index (κ1) is 16.0. The summed E-state index contributed by atoms with van der Waals surface area (Å²) in [5.41, 5.74) is 4.52. The van der Waals surface area contributed by atoms with E-state index in [-0.39, 0.29) is 0 Å². The zero-order chi connectivity index (χ0) is 15.9. The Balaban J connectivity index is 2.20. The van der Waals surface area contributed by atoms with Crippen LogP contribution in [0.2, 0.25) is 5.02 Å². The average molecular weight is 321 g/mol. The highest BCUT2D eigenvalue weighted by Crippen LogP contribution is 2.37. The fraction of sp³-hybridized carbons (Fsp3) is 0.188. The van der Waals surface area contributed by atoms with Crippen molar-refractivity contribution in [3.8, 4) is 17.2 Å². The van der Waals surface area contributed by atoms with E-state index in [0.717, 1.165) is 11.3 Å². The Bertz CT molecular complexity index is 649. The predicted octanol–water partition coefficient (Wildman–Crippen LogP) is 3.81. The Morgan fingerprint density at radius 1 is 1.00 bits per heavy atom. The summed E-state index contributed by atoms with van der Waals surface area (Å²) in [6, 6.07) is 10.9. The molecule has 116 valence electrons. The number of benzene rings is 2. The number of anilines is 1. The topological polar surface area (TPSA) is 52.1 Å². The van der Waals surface area contributed by atoms with Crippen molar-refractivity contribution >= 4 is 23.5 Å². The number of ether oxygens (including phenoxy) is 3. The molecule has 0 aliphatic rings. The molecule has 1 N–H and O–H groups in total. The van der Waals surface area contributed by atoms with Crippen LogP contribution < -0.4 is 19.6 Å². The molecule has 0 spiro atoms. The summed E-state index contributed by atoms with van der Waals surface area (Å²) in [4.78, 5) is 0. The van der Waals surface area contributed by atoms with Gasteiger partial charge in [-0.25, -0.2) is 0 Å². The summed E-state index contributed by atoms with van der Waals surface area (Å²) in [6.45, 7) is 0. The van der Waals surface area contributed by atoms with Gasteiger partial charge in [0.1, 0.15) is 0 Å². The minimum atomic E-state index is 0.546. The van der Waals surface area contributed by atoms with Crippen LogP contribution in [0.5, 0.6) is 17.2 Å². The summed E-state index contributed by atoms with van der Waals surface area (Å²) in [5, 5.41) is 4.82. The predicted molar refractivity (Wildman–Crippen MR) is 88.8 cm³/mol. The summed E-state index contributed by atoms with van der Waals surface area (Å²) in [5.74, 6) is 1.70. The van der Waals surface area contributed by atoms with Gasteiger partial charge < -0.3 is 14.2 Å². The van der Waals surface area contributed by atoms with Crippen molar-refractivity contribution in [2.75, 3.05) is 26.8 Å². The number of hydrogen-bond donors (Lipinski definition) is 1. The maximum atomic E-state index is 5.91. The molecule has 0 atom stereocenters. The normalized spacial score (nSPS) is 10.5. The minimum absolute atomic E-state index is 0.546. The van der Waals surface area contributed by atoms with Gasteiger partial charge in [0.05, 0.1) is 33.2 Å². The van der Waals surface area contributed by atoms with E-state index in [1.54, 1.807) is 39.7 Å². The number of nitrogens with one attached hydrogen (secondary N) is 1. The highest BCUT2D eigenvalue weighted by Gasteiger charge is 2.12. The smallest absolute Gasteiger partial charge is 0.203 e. The number of nitrogens with zero attached hydrogens (tertiary/aromatic N) is 1. The molecule has 2 rings (SSSR count). The van der Waals surface area contributed by atoms with Gasteiger partial charge in [-0.05, 0) is 30.3 Å². The quantitative estimate of drug-likeness (QED) is 0.649. The molecule has 0 aromatic heterocycles. The Morgan fingerprint density at radius 3 is 2.23 bits per heavy atom. The Morgan fingerprint density at radius 2 is 1.68 bits per heavy atom. The molecule has 0 bridgehead atoms. The van der Waals surface area contributed by atoms with Crippen molar-refractivity contribution in [2.24, 2.45) is 5.10 Å². The van der Waals surface area contributed by atoms with Gasteiger partial charge in [-0.3, -0.25) is 5.43 Å². The fourth-order valence-corrected chi connectivity index (χ4v) is 2.11. The highest BCUT2D eigenvalue weighted by atomic mass is 35.5. The lowest BCUT2D eigenvalue weighted by Crippen LogP contribution is -1.97. The second-order valence-corrected chi connectivity index (χ2v) is 4.78. The Hall–Kier alpha value is -2.40. The third-order valence-electron chi connectivity index (χ3n) is 2.92. The first-order valence-corrected chi connectivity index (χ1v) is 6.90. The Kier molecular flexibility index (Phi) is 5.49. The van der Waals surface area contributed by atoms with Crippen LogP contribution in [0.1, 0.15) is 5.56 Å². The number of rotatable bonds is 6. The summed E-state index contributed by atoms with van der Waals surface area (Å²) in [6.07, 6.45) is 1.66. The van der Waals surface area contributed by atoms with Crippen LogP contribution in [0.4, 0.5) is 5.69 Å². The summed E-state index contributed by atoms with van der Waals surface area (Å²) in [7, 11) is 4.71. The molecule has 0 radical (unpaired) electrons. The van der Waals surface area contributed by atoms with Crippen molar-refractivity contribution in [3.63, 3.8) is 0 Å². The van der Waals surface area contributed by atoms with E-state index >= 15 is 0 Å². The zero-order valence-corrected chi connectivity index (χ0v) is 13.3. The second-order valence-electron chi connectivity index (χ2n) is 4.34. The van der Waals surface area contributed by atoms with Gasteiger partial charge in [-0.1, -0.05) is 17.7 Å². The molecule has 0 aliphatic carbocycles. The van der Waals surface area contributed by atoms with E-state index in [1.807, 2.05) is 24.3 Å². The molecule has 5 nitrogen and oxygen atoms in total. The summed E-state index contributed by atoms with van der Waals surface area (Å²) >= 11 is 5.91. The number of methoxy groups -OCH3 is 3. The van der Waals surface area contributed by atoms with E-state index in [9.17, 15) is 0 Å². The SMILES string of the molecule is COc1cc(/C=N\Nc2cccc(Cl)c2)cc(OC)c1OC. The maximum absolute atomic E-state index is 5.91. The lowest BCUT2D eigenvalue weighted by Gasteiger charge is -2.12. The first-order valence-electron chi connectivity index (χ1n) is 6.52. The van der Waals surface area contributed by atoms with Crippen molar-refractivity contribution in [2.45, 2.75) is 0 Å². The van der Waals surface area contributed by atoms with Crippen LogP contribution >= 0.6 is 11.6 Å². The maximum Gasteiger partial charge on any atom is 0.203 e. The van der Waals surface area contributed by atoms with Crippen molar-refractivity contribution in [1.29, 1.82) is 0 Å². The summed E-state index contributed by atoms with van der Waals surface area (Å²) < 4.78 is 15.9. The standard InChI is InChI=1S/C16H17ClN2O3/c1-20-14-7-11(8-15(21-2)16(14)22-3)10-18-19-13-6-4-5-12(17)9-13/h4-10,19H,1-3H3/b18-10-. The molecule has 0 amide bonds. The molecular formula is C16H17ClN2O3.